The van der Waals surface area contributed by atoms with Gasteiger partial charge in [-0.3, -0.25) is 4.79 Å². The summed E-state index contributed by atoms with van der Waals surface area (Å²) in [5.41, 5.74) is 0. The van der Waals surface area contributed by atoms with Crippen molar-refractivity contribution in [1.82, 2.24) is 0 Å². The first-order valence-corrected chi connectivity index (χ1v) is 4.46. The summed E-state index contributed by atoms with van der Waals surface area (Å²) in [5, 5.41) is 0. The van der Waals surface area contributed by atoms with Crippen LogP contribution in [0.2, 0.25) is 0 Å². The summed E-state index contributed by atoms with van der Waals surface area (Å²) in [6.07, 6.45) is -0.567. The third-order valence-electron chi connectivity index (χ3n) is 1.55. The monoisotopic (exact) mass is 190 g/mol. The van der Waals surface area contributed by atoms with Crippen LogP contribution in [0, 0.1) is 0 Å². The molecule has 0 bridgehead atoms. The first kappa shape index (κ1) is 12.1. The van der Waals surface area contributed by atoms with Crippen molar-refractivity contribution in [2.45, 2.75) is 39.3 Å². The van der Waals surface area contributed by atoms with Crippen molar-refractivity contribution in [1.29, 1.82) is 0 Å². The van der Waals surface area contributed by atoms with Crippen LogP contribution >= 0.6 is 0 Å². The van der Waals surface area contributed by atoms with Gasteiger partial charge in [0, 0.05) is 6.42 Å². The minimum Gasteiger partial charge on any atom is -0.463 e. The molecule has 0 fully saturated rings. The lowest BCUT2D eigenvalue weighted by Gasteiger charge is -2.05. The Bertz CT molecular complexity index is 180. The van der Waals surface area contributed by atoms with Gasteiger partial charge in [-0.15, -0.1) is 0 Å². The molecular formula is C9H15FO3. The van der Waals surface area contributed by atoms with E-state index in [0.29, 0.717) is 6.42 Å². The zero-order valence-electron chi connectivity index (χ0n) is 8.01. The maximum absolute atomic E-state index is 12.9. The largest absolute Gasteiger partial charge is 0.463 e. The molecule has 1 atom stereocenters. The van der Waals surface area contributed by atoms with Crippen LogP contribution in [0.4, 0.5) is 4.39 Å². The van der Waals surface area contributed by atoms with Crippen LogP contribution in [0.3, 0.4) is 0 Å². The molecule has 0 aliphatic carbocycles. The highest BCUT2D eigenvalue weighted by molar-refractivity contribution is 6.01. The minimum atomic E-state index is -2.09. The molecule has 0 radical (unpaired) electrons. The molecule has 0 aromatic rings. The van der Waals surface area contributed by atoms with Gasteiger partial charge >= 0.3 is 5.97 Å². The van der Waals surface area contributed by atoms with Crippen LogP contribution in [-0.4, -0.2) is 24.5 Å². The number of hydrogen-bond donors (Lipinski definition) is 0. The average Bonchev–Trinajstić information content (AvgIpc) is 2.13. The van der Waals surface area contributed by atoms with Gasteiger partial charge in [0.15, 0.2) is 5.78 Å². The second-order valence-electron chi connectivity index (χ2n) is 2.68. The number of unbranched alkanes of at least 4 members (excludes halogenated alkanes) is 1. The van der Waals surface area contributed by atoms with Gasteiger partial charge in [-0.25, -0.2) is 9.18 Å². The maximum atomic E-state index is 12.9. The van der Waals surface area contributed by atoms with Gasteiger partial charge in [0.05, 0.1) is 6.61 Å². The number of rotatable bonds is 6. The molecule has 1 unspecified atom stereocenters. The normalized spacial score (nSPS) is 12.2. The molecule has 0 amide bonds. The van der Waals surface area contributed by atoms with Crippen LogP contribution in [0.5, 0.6) is 0 Å². The lowest BCUT2D eigenvalue weighted by Crippen LogP contribution is -2.27. The quantitative estimate of drug-likeness (QED) is 0.472. The molecule has 0 aliphatic rings. The number of alkyl halides is 1. The second kappa shape index (κ2) is 6.57. The average molecular weight is 190 g/mol. The van der Waals surface area contributed by atoms with E-state index in [1.165, 1.54) is 0 Å². The Morgan fingerprint density at radius 3 is 2.46 bits per heavy atom. The standard InChI is InChI=1S/C9H15FO3/c1-3-5-6-7(11)8(10)9(12)13-4-2/h8H,3-6H2,1-2H3. The van der Waals surface area contributed by atoms with Crippen molar-refractivity contribution >= 4 is 11.8 Å². The highest BCUT2D eigenvalue weighted by Crippen LogP contribution is 2.04. The number of esters is 1. The molecule has 0 saturated carbocycles. The topological polar surface area (TPSA) is 43.4 Å². The summed E-state index contributed by atoms with van der Waals surface area (Å²) < 4.78 is 17.2. The SMILES string of the molecule is CCCCC(=O)C(F)C(=O)OCC. The number of carbonyl (C=O) groups is 2. The van der Waals surface area contributed by atoms with Crippen molar-refractivity contribution in [3.05, 3.63) is 0 Å². The van der Waals surface area contributed by atoms with E-state index in [1.54, 1.807) is 6.92 Å². The molecule has 13 heavy (non-hydrogen) atoms. The molecule has 0 aliphatic heterocycles. The lowest BCUT2D eigenvalue weighted by atomic mass is 10.1. The minimum absolute atomic E-state index is 0.0975. The Labute approximate surface area is 77.3 Å². The van der Waals surface area contributed by atoms with Crippen molar-refractivity contribution in [3.8, 4) is 0 Å². The van der Waals surface area contributed by atoms with Gasteiger partial charge in [-0.1, -0.05) is 13.3 Å². The molecule has 4 heteroatoms. The molecule has 0 saturated heterocycles. The smallest absolute Gasteiger partial charge is 0.348 e. The summed E-state index contributed by atoms with van der Waals surface area (Å²) >= 11 is 0. The molecule has 0 aromatic carbocycles. The van der Waals surface area contributed by atoms with E-state index < -0.39 is 17.9 Å². The fourth-order valence-electron chi connectivity index (χ4n) is 0.825. The van der Waals surface area contributed by atoms with E-state index in [9.17, 15) is 14.0 Å². The zero-order chi connectivity index (χ0) is 10.3. The second-order valence-corrected chi connectivity index (χ2v) is 2.68. The Morgan fingerprint density at radius 2 is 2.00 bits per heavy atom. The molecule has 76 valence electrons. The zero-order valence-corrected chi connectivity index (χ0v) is 8.01. The molecule has 0 N–H and O–H groups in total. The van der Waals surface area contributed by atoms with Crippen LogP contribution in [-0.2, 0) is 14.3 Å². The van der Waals surface area contributed by atoms with E-state index in [1.807, 2.05) is 6.92 Å². The van der Waals surface area contributed by atoms with Gasteiger partial charge in [-0.05, 0) is 13.3 Å². The summed E-state index contributed by atoms with van der Waals surface area (Å²) in [6.45, 7) is 3.56. The Morgan fingerprint density at radius 1 is 1.38 bits per heavy atom. The first-order valence-electron chi connectivity index (χ1n) is 4.46. The molecule has 3 nitrogen and oxygen atoms in total. The molecule has 0 aromatic heterocycles. The van der Waals surface area contributed by atoms with Gasteiger partial charge in [-0.2, -0.15) is 0 Å². The molecule has 0 rings (SSSR count). The number of ether oxygens (including phenoxy) is 1. The summed E-state index contributed by atoms with van der Waals surface area (Å²) in [4.78, 5) is 21.7. The van der Waals surface area contributed by atoms with E-state index in [0.717, 1.165) is 6.42 Å². The van der Waals surface area contributed by atoms with E-state index in [2.05, 4.69) is 4.74 Å². The number of halogens is 1. The first-order chi connectivity index (χ1) is 6.13. The highest BCUT2D eigenvalue weighted by atomic mass is 19.1. The Balaban J connectivity index is 3.87. The van der Waals surface area contributed by atoms with Crippen LogP contribution in [0.25, 0.3) is 0 Å². The number of ketones is 1. The number of hydrogen-bond acceptors (Lipinski definition) is 3. The van der Waals surface area contributed by atoms with Crippen molar-refractivity contribution in [3.63, 3.8) is 0 Å². The third-order valence-corrected chi connectivity index (χ3v) is 1.55. The Kier molecular flexibility index (Phi) is 6.10. The van der Waals surface area contributed by atoms with Gasteiger partial charge in [0.25, 0.3) is 6.17 Å². The number of Topliss-reactive ketones (excluding diaryl/α,β-unsaturated/α-hetero) is 1. The maximum Gasteiger partial charge on any atom is 0.348 e. The van der Waals surface area contributed by atoms with Crippen molar-refractivity contribution < 1.29 is 18.7 Å². The highest BCUT2D eigenvalue weighted by Gasteiger charge is 2.26. The number of carbonyl (C=O) groups excluding carboxylic acids is 2. The van der Waals surface area contributed by atoms with Crippen molar-refractivity contribution in [2.24, 2.45) is 0 Å². The van der Waals surface area contributed by atoms with Crippen molar-refractivity contribution in [2.75, 3.05) is 6.61 Å². The van der Waals surface area contributed by atoms with Gasteiger partial charge in [0.1, 0.15) is 0 Å². The summed E-state index contributed by atoms with van der Waals surface area (Å²) in [7, 11) is 0. The van der Waals surface area contributed by atoms with E-state index in [4.69, 9.17) is 0 Å². The van der Waals surface area contributed by atoms with Gasteiger partial charge < -0.3 is 4.74 Å². The van der Waals surface area contributed by atoms with Crippen LogP contribution in [0.15, 0.2) is 0 Å². The third kappa shape index (κ3) is 4.60. The summed E-state index contributed by atoms with van der Waals surface area (Å²) in [6, 6.07) is 0. The van der Waals surface area contributed by atoms with Gasteiger partial charge in [0.2, 0.25) is 0 Å². The van der Waals surface area contributed by atoms with E-state index >= 15 is 0 Å². The predicted octanol–water partition coefficient (Wildman–Crippen LogP) is 1.65. The van der Waals surface area contributed by atoms with Crippen LogP contribution < -0.4 is 0 Å². The van der Waals surface area contributed by atoms with Crippen LogP contribution in [0.1, 0.15) is 33.1 Å². The fraction of sp³-hybridized carbons (Fsp3) is 0.778. The summed E-state index contributed by atoms with van der Waals surface area (Å²) in [5.74, 6) is -1.75. The predicted molar refractivity (Wildman–Crippen MR) is 46.1 cm³/mol. The fourth-order valence-corrected chi connectivity index (χ4v) is 0.825. The molecule has 0 spiro atoms. The van der Waals surface area contributed by atoms with E-state index in [-0.39, 0.29) is 13.0 Å². The molecular weight excluding hydrogens is 175 g/mol. The molecule has 0 heterocycles. The Hall–Kier alpha value is -0.930. The lowest BCUT2D eigenvalue weighted by molar-refractivity contribution is -0.152.